The number of benzene rings is 3. The van der Waals surface area contributed by atoms with Crippen LogP contribution in [0.25, 0.3) is 0 Å². The molecule has 3 aromatic carbocycles. The van der Waals surface area contributed by atoms with E-state index in [0.717, 1.165) is 34.7 Å². The standard InChI is InChI=1S/C23H17O3S2Se/c24-21(27-14-16-7-3-1-4-8-16)18-11-19(13-20(12-18)23(26)29)22(25)28-15-17-9-5-2-6-10-17/h1-13H,14-15H2. The Bertz CT molecular complexity index is 947. The fourth-order valence-corrected chi connectivity index (χ4v) is 4.39. The second-order valence-electron chi connectivity index (χ2n) is 6.21. The second kappa shape index (κ2) is 10.6. The van der Waals surface area contributed by atoms with Crippen LogP contribution in [0, 0.1) is 0 Å². The summed E-state index contributed by atoms with van der Waals surface area (Å²) in [6, 6.07) is 24.0. The average molecular weight is 484 g/mol. The zero-order valence-corrected chi connectivity index (χ0v) is 18.7. The fourth-order valence-electron chi connectivity index (χ4n) is 2.59. The first-order chi connectivity index (χ1) is 14.0. The molecular formula is C23H17O3S2Se. The average Bonchev–Trinajstić information content (AvgIpc) is 2.76. The first-order valence-corrected chi connectivity index (χ1v) is 11.6. The molecule has 0 atom stereocenters. The SMILES string of the molecule is O=C([Se])c1cc(C(=O)SCc2ccccc2)cc(C(=O)SCc2ccccc2)c1. The molecule has 6 heteroatoms. The van der Waals surface area contributed by atoms with Gasteiger partial charge in [0.2, 0.25) is 0 Å². The molecule has 0 N–H and O–H groups in total. The molecule has 0 aliphatic carbocycles. The first kappa shape index (κ1) is 21.6. The van der Waals surface area contributed by atoms with E-state index in [2.05, 4.69) is 16.0 Å². The molecule has 3 rings (SSSR count). The third-order valence-corrected chi connectivity index (χ3v) is 6.51. The van der Waals surface area contributed by atoms with Crippen molar-refractivity contribution in [2.24, 2.45) is 0 Å². The van der Waals surface area contributed by atoms with Gasteiger partial charge in [0.25, 0.3) is 0 Å². The minimum atomic E-state index is -0.296. The summed E-state index contributed by atoms with van der Waals surface area (Å²) in [4.78, 5) is 37.2. The van der Waals surface area contributed by atoms with E-state index in [-0.39, 0.29) is 14.9 Å². The molecule has 0 aromatic heterocycles. The van der Waals surface area contributed by atoms with Crippen LogP contribution < -0.4 is 0 Å². The number of carbonyl (C=O) groups excluding carboxylic acids is 3. The van der Waals surface area contributed by atoms with Crippen molar-refractivity contribution in [3.05, 3.63) is 107 Å². The Morgan fingerprint density at radius 3 is 1.38 bits per heavy atom. The summed E-state index contributed by atoms with van der Waals surface area (Å²) in [7, 11) is 0. The van der Waals surface area contributed by atoms with E-state index < -0.39 is 0 Å². The molecule has 0 aliphatic rings. The van der Waals surface area contributed by atoms with Crippen LogP contribution in [0.5, 0.6) is 0 Å². The van der Waals surface area contributed by atoms with Gasteiger partial charge in [-0.25, -0.2) is 0 Å². The minimum absolute atomic E-state index is 0.168. The van der Waals surface area contributed by atoms with Crippen LogP contribution in [-0.4, -0.2) is 30.9 Å². The first-order valence-electron chi connectivity index (χ1n) is 8.81. The monoisotopic (exact) mass is 485 g/mol. The van der Waals surface area contributed by atoms with Gasteiger partial charge in [0.1, 0.15) is 0 Å². The van der Waals surface area contributed by atoms with Gasteiger partial charge in [0.15, 0.2) is 0 Å². The summed E-state index contributed by atoms with van der Waals surface area (Å²) in [6.45, 7) is 0. The molecule has 3 aromatic rings. The van der Waals surface area contributed by atoms with Gasteiger partial charge in [-0.2, -0.15) is 0 Å². The Kier molecular flexibility index (Phi) is 7.90. The Hall–Kier alpha value is -2.11. The molecule has 0 unspecified atom stereocenters. The van der Waals surface area contributed by atoms with Crippen molar-refractivity contribution in [3.8, 4) is 0 Å². The summed E-state index contributed by atoms with van der Waals surface area (Å²) >= 11 is 4.74. The molecule has 0 saturated carbocycles. The van der Waals surface area contributed by atoms with Gasteiger partial charge in [-0.05, 0) is 0 Å². The van der Waals surface area contributed by atoms with Gasteiger partial charge in [0, 0.05) is 0 Å². The van der Waals surface area contributed by atoms with Crippen molar-refractivity contribution in [1.82, 2.24) is 0 Å². The van der Waals surface area contributed by atoms with Gasteiger partial charge < -0.3 is 0 Å². The topological polar surface area (TPSA) is 51.2 Å². The van der Waals surface area contributed by atoms with Crippen LogP contribution in [0.2, 0.25) is 0 Å². The summed E-state index contributed by atoms with van der Waals surface area (Å²) < 4.78 is -0.296. The molecule has 0 amide bonds. The van der Waals surface area contributed by atoms with Crippen LogP contribution in [0.15, 0.2) is 78.9 Å². The summed E-state index contributed by atoms with van der Waals surface area (Å²) in [6.07, 6.45) is 0. The second-order valence-corrected chi connectivity index (χ2v) is 8.88. The van der Waals surface area contributed by atoms with Gasteiger partial charge in [-0.15, -0.1) is 0 Å². The van der Waals surface area contributed by atoms with Crippen molar-refractivity contribution in [3.63, 3.8) is 0 Å². The van der Waals surface area contributed by atoms with Crippen LogP contribution in [0.3, 0.4) is 0 Å². The van der Waals surface area contributed by atoms with E-state index in [4.69, 9.17) is 0 Å². The van der Waals surface area contributed by atoms with Crippen molar-refractivity contribution in [2.75, 3.05) is 0 Å². The normalized spacial score (nSPS) is 10.5. The number of hydrogen-bond acceptors (Lipinski definition) is 5. The van der Waals surface area contributed by atoms with E-state index in [0.29, 0.717) is 28.2 Å². The van der Waals surface area contributed by atoms with Gasteiger partial charge in [-0.3, -0.25) is 0 Å². The Balaban J connectivity index is 1.75. The summed E-state index contributed by atoms with van der Waals surface area (Å²) in [5.74, 6) is 1.06. The van der Waals surface area contributed by atoms with Crippen LogP contribution in [0.1, 0.15) is 42.2 Å². The van der Waals surface area contributed by atoms with E-state index in [9.17, 15) is 14.4 Å². The number of carbonyl (C=O) groups is 3. The summed E-state index contributed by atoms with van der Waals surface area (Å²) in [5, 5.41) is -0.335. The zero-order chi connectivity index (χ0) is 20.6. The third-order valence-electron chi connectivity index (χ3n) is 4.07. The molecule has 1 radical (unpaired) electrons. The predicted octanol–water partition coefficient (Wildman–Crippen LogP) is 5.14. The summed E-state index contributed by atoms with van der Waals surface area (Å²) in [5.41, 5.74) is 3.11. The number of hydrogen-bond donors (Lipinski definition) is 0. The zero-order valence-electron chi connectivity index (χ0n) is 15.4. The molecular weight excluding hydrogens is 467 g/mol. The number of thioether (sulfide) groups is 2. The number of rotatable bonds is 7. The molecule has 0 aliphatic heterocycles. The van der Waals surface area contributed by atoms with E-state index in [1.165, 1.54) is 12.1 Å². The van der Waals surface area contributed by atoms with Crippen molar-refractivity contribution in [1.29, 1.82) is 0 Å². The maximum atomic E-state index is 12.7. The van der Waals surface area contributed by atoms with Crippen molar-refractivity contribution in [2.45, 2.75) is 11.5 Å². The van der Waals surface area contributed by atoms with Crippen LogP contribution in [-0.2, 0) is 11.5 Å². The molecule has 0 spiro atoms. The fraction of sp³-hybridized carbons (Fsp3) is 0.0870. The van der Waals surface area contributed by atoms with Crippen molar-refractivity contribution >= 4 is 54.4 Å². The Morgan fingerprint density at radius 2 is 1.00 bits per heavy atom. The molecule has 3 nitrogen and oxygen atoms in total. The van der Waals surface area contributed by atoms with E-state index in [1.54, 1.807) is 6.07 Å². The van der Waals surface area contributed by atoms with Gasteiger partial charge >= 0.3 is 187 Å². The quantitative estimate of drug-likeness (QED) is 0.435. The van der Waals surface area contributed by atoms with E-state index >= 15 is 0 Å². The molecule has 0 saturated heterocycles. The Labute approximate surface area is 186 Å². The molecule has 145 valence electrons. The maximum absolute atomic E-state index is 12.7. The molecule has 0 bridgehead atoms. The van der Waals surface area contributed by atoms with E-state index in [1.807, 2.05) is 60.7 Å². The Morgan fingerprint density at radius 1 is 0.621 bits per heavy atom. The third kappa shape index (κ3) is 6.44. The van der Waals surface area contributed by atoms with Crippen LogP contribution >= 0.6 is 23.5 Å². The predicted molar refractivity (Wildman–Crippen MR) is 121 cm³/mol. The van der Waals surface area contributed by atoms with Gasteiger partial charge in [-0.1, -0.05) is 0 Å². The van der Waals surface area contributed by atoms with Crippen LogP contribution in [0.4, 0.5) is 0 Å². The van der Waals surface area contributed by atoms with Crippen molar-refractivity contribution < 1.29 is 14.4 Å². The molecule has 29 heavy (non-hydrogen) atoms. The van der Waals surface area contributed by atoms with Gasteiger partial charge in [0.05, 0.1) is 0 Å². The molecule has 0 fully saturated rings. The molecule has 0 heterocycles.